The molecule has 0 radical (unpaired) electrons. The number of aromatic nitrogens is 1. The predicted molar refractivity (Wildman–Crippen MR) is 121 cm³/mol. The Morgan fingerprint density at radius 3 is 2.74 bits per heavy atom. The molecule has 2 saturated heterocycles. The molecule has 1 aromatic carbocycles. The van der Waals surface area contributed by atoms with E-state index in [1.807, 2.05) is 49.6 Å². The fraction of sp³-hybridized carbons (Fsp3) is 0.458. The first-order valence-electron chi connectivity index (χ1n) is 10.9. The number of nitrogens with one attached hydrogen (secondary N) is 1. The largest absolute Gasteiger partial charge is 0.465 e. The van der Waals surface area contributed by atoms with Gasteiger partial charge in [0.15, 0.2) is 0 Å². The van der Waals surface area contributed by atoms with Crippen LogP contribution in [-0.2, 0) is 9.53 Å². The van der Waals surface area contributed by atoms with E-state index in [2.05, 4.69) is 15.2 Å². The standard InChI is InChI=1S/C24H29N3O3S/c1-3-30-24(29)21-19(16-10-5-4-6-11-16)20(18-13-7-8-15-27(18)21)26-22(28)17-12-9-14-25-23(17)31-2/h4-6,9-12,14,18-21H,3,7-8,13,15H2,1-2H3,(H,26,28)/t18-,19-,20+,21+/m1/s1. The van der Waals surface area contributed by atoms with E-state index in [1.54, 1.807) is 12.3 Å². The zero-order valence-corrected chi connectivity index (χ0v) is 18.8. The summed E-state index contributed by atoms with van der Waals surface area (Å²) in [7, 11) is 0. The number of esters is 1. The van der Waals surface area contributed by atoms with Crippen molar-refractivity contribution in [3.05, 3.63) is 59.8 Å². The molecule has 3 heterocycles. The fourth-order valence-electron chi connectivity index (χ4n) is 5.07. The van der Waals surface area contributed by atoms with Gasteiger partial charge in [-0.25, -0.2) is 4.98 Å². The molecule has 0 bridgehead atoms. The Morgan fingerprint density at radius 2 is 2.00 bits per heavy atom. The predicted octanol–water partition coefficient (Wildman–Crippen LogP) is 3.49. The van der Waals surface area contributed by atoms with Crippen LogP contribution in [0.25, 0.3) is 0 Å². The molecule has 2 aromatic rings. The third-order valence-corrected chi connectivity index (χ3v) is 7.02. The Balaban J connectivity index is 1.72. The van der Waals surface area contributed by atoms with Gasteiger partial charge in [0.05, 0.1) is 18.2 Å². The van der Waals surface area contributed by atoms with Crippen molar-refractivity contribution in [1.29, 1.82) is 0 Å². The van der Waals surface area contributed by atoms with Crippen LogP contribution in [0.15, 0.2) is 53.7 Å². The first-order valence-corrected chi connectivity index (χ1v) is 12.2. The molecule has 4 rings (SSSR count). The van der Waals surface area contributed by atoms with Crippen molar-refractivity contribution in [1.82, 2.24) is 15.2 Å². The van der Waals surface area contributed by atoms with Gasteiger partial charge in [0, 0.05) is 18.2 Å². The number of ether oxygens (including phenoxy) is 1. The van der Waals surface area contributed by atoms with Gasteiger partial charge in [-0.3, -0.25) is 14.5 Å². The number of pyridine rings is 1. The molecule has 1 N–H and O–H groups in total. The Morgan fingerprint density at radius 1 is 1.19 bits per heavy atom. The zero-order valence-electron chi connectivity index (χ0n) is 18.0. The van der Waals surface area contributed by atoms with Gasteiger partial charge in [-0.1, -0.05) is 36.8 Å². The lowest BCUT2D eigenvalue weighted by Crippen LogP contribution is -2.49. The lowest BCUT2D eigenvalue weighted by Gasteiger charge is -2.34. The van der Waals surface area contributed by atoms with Gasteiger partial charge in [0.2, 0.25) is 0 Å². The molecule has 2 fully saturated rings. The lowest BCUT2D eigenvalue weighted by atomic mass is 9.85. The van der Waals surface area contributed by atoms with Crippen molar-refractivity contribution in [2.24, 2.45) is 0 Å². The van der Waals surface area contributed by atoms with Crippen LogP contribution in [0.1, 0.15) is 48.0 Å². The van der Waals surface area contributed by atoms with Crippen LogP contribution in [-0.4, -0.2) is 59.3 Å². The molecule has 0 spiro atoms. The summed E-state index contributed by atoms with van der Waals surface area (Å²) >= 11 is 1.46. The second kappa shape index (κ2) is 9.83. The summed E-state index contributed by atoms with van der Waals surface area (Å²) < 4.78 is 5.49. The highest BCUT2D eigenvalue weighted by Crippen LogP contribution is 2.42. The van der Waals surface area contributed by atoms with E-state index in [9.17, 15) is 9.59 Å². The maximum atomic E-state index is 13.3. The van der Waals surface area contributed by atoms with E-state index >= 15 is 0 Å². The summed E-state index contributed by atoms with van der Waals surface area (Å²) in [5.74, 6) is -0.508. The molecule has 2 aliphatic rings. The van der Waals surface area contributed by atoms with E-state index in [-0.39, 0.29) is 29.9 Å². The number of carbonyl (C=O) groups excluding carboxylic acids is 2. The molecule has 4 atom stereocenters. The molecule has 7 heteroatoms. The number of nitrogens with zero attached hydrogens (tertiary/aromatic N) is 2. The summed E-state index contributed by atoms with van der Waals surface area (Å²) in [6.07, 6.45) is 6.71. The van der Waals surface area contributed by atoms with Crippen LogP contribution in [0.3, 0.4) is 0 Å². The number of amides is 1. The number of thioether (sulfide) groups is 1. The van der Waals surface area contributed by atoms with Gasteiger partial charge in [0.25, 0.3) is 5.91 Å². The number of carbonyl (C=O) groups is 2. The third kappa shape index (κ3) is 4.34. The normalized spacial score (nSPS) is 25.6. The molecule has 1 amide bonds. The van der Waals surface area contributed by atoms with Gasteiger partial charge < -0.3 is 10.1 Å². The molecule has 0 unspecified atom stereocenters. The van der Waals surface area contributed by atoms with Gasteiger partial charge in [-0.2, -0.15) is 0 Å². The van der Waals surface area contributed by atoms with Crippen LogP contribution in [0.4, 0.5) is 0 Å². The highest BCUT2D eigenvalue weighted by Gasteiger charge is 2.54. The van der Waals surface area contributed by atoms with Crippen LogP contribution in [0, 0.1) is 0 Å². The average molecular weight is 440 g/mol. The Bertz CT molecular complexity index is 923. The van der Waals surface area contributed by atoms with Crippen molar-refractivity contribution in [2.45, 2.75) is 55.3 Å². The van der Waals surface area contributed by atoms with Crippen molar-refractivity contribution >= 4 is 23.6 Å². The Kier molecular flexibility index (Phi) is 6.92. The number of fused-ring (bicyclic) bond motifs is 1. The van der Waals surface area contributed by atoms with E-state index in [1.165, 1.54) is 11.8 Å². The molecule has 164 valence electrons. The lowest BCUT2D eigenvalue weighted by molar-refractivity contribution is -0.149. The van der Waals surface area contributed by atoms with Crippen molar-refractivity contribution < 1.29 is 14.3 Å². The van der Waals surface area contributed by atoms with Crippen molar-refractivity contribution in [3.63, 3.8) is 0 Å². The summed E-state index contributed by atoms with van der Waals surface area (Å²) in [6, 6.07) is 13.2. The molecular weight excluding hydrogens is 410 g/mol. The van der Waals surface area contributed by atoms with Crippen LogP contribution < -0.4 is 5.32 Å². The van der Waals surface area contributed by atoms with Crippen LogP contribution in [0.2, 0.25) is 0 Å². The highest BCUT2D eigenvalue weighted by atomic mass is 32.2. The molecule has 6 nitrogen and oxygen atoms in total. The van der Waals surface area contributed by atoms with Crippen molar-refractivity contribution in [2.75, 3.05) is 19.4 Å². The topological polar surface area (TPSA) is 71.5 Å². The molecule has 0 saturated carbocycles. The third-order valence-electron chi connectivity index (χ3n) is 6.31. The minimum absolute atomic E-state index is 0.103. The fourth-order valence-corrected chi connectivity index (χ4v) is 5.62. The van der Waals surface area contributed by atoms with E-state index < -0.39 is 6.04 Å². The minimum atomic E-state index is -0.396. The van der Waals surface area contributed by atoms with Crippen LogP contribution >= 0.6 is 11.8 Å². The maximum Gasteiger partial charge on any atom is 0.324 e. The molecular formula is C24H29N3O3S. The first kappa shape index (κ1) is 21.8. The monoisotopic (exact) mass is 439 g/mol. The summed E-state index contributed by atoms with van der Waals surface area (Å²) in [5, 5.41) is 4.01. The van der Waals surface area contributed by atoms with Crippen molar-refractivity contribution in [3.8, 4) is 0 Å². The quantitative estimate of drug-likeness (QED) is 0.549. The van der Waals surface area contributed by atoms with Gasteiger partial charge in [-0.15, -0.1) is 11.8 Å². The molecule has 31 heavy (non-hydrogen) atoms. The van der Waals surface area contributed by atoms with E-state index in [0.717, 1.165) is 31.4 Å². The number of hydrogen-bond acceptors (Lipinski definition) is 6. The Labute approximate surface area is 187 Å². The van der Waals surface area contributed by atoms with Gasteiger partial charge in [-0.05, 0) is 50.3 Å². The number of rotatable bonds is 6. The second-order valence-electron chi connectivity index (χ2n) is 7.99. The van der Waals surface area contributed by atoms with Gasteiger partial charge >= 0.3 is 5.97 Å². The van der Waals surface area contributed by atoms with Crippen LogP contribution in [0.5, 0.6) is 0 Å². The summed E-state index contributed by atoms with van der Waals surface area (Å²) in [4.78, 5) is 33.0. The first-order chi connectivity index (χ1) is 15.2. The minimum Gasteiger partial charge on any atom is -0.465 e. The zero-order chi connectivity index (χ0) is 21.8. The SMILES string of the molecule is CCOC(=O)[C@@H]1[C@H](c2ccccc2)[C@@H](NC(=O)c2cccnc2SC)[C@H]2CCCCN21. The highest BCUT2D eigenvalue weighted by molar-refractivity contribution is 7.98. The summed E-state index contributed by atoms with van der Waals surface area (Å²) in [6.45, 7) is 3.02. The molecule has 1 aromatic heterocycles. The smallest absolute Gasteiger partial charge is 0.324 e. The number of hydrogen-bond donors (Lipinski definition) is 1. The van der Waals surface area contributed by atoms with E-state index in [4.69, 9.17) is 4.74 Å². The van der Waals surface area contributed by atoms with Gasteiger partial charge in [0.1, 0.15) is 11.1 Å². The van der Waals surface area contributed by atoms with E-state index in [0.29, 0.717) is 17.2 Å². The molecule has 0 aliphatic carbocycles. The maximum absolute atomic E-state index is 13.3. The summed E-state index contributed by atoms with van der Waals surface area (Å²) in [5.41, 5.74) is 1.63. The second-order valence-corrected chi connectivity index (χ2v) is 8.79. The Hall–Kier alpha value is -2.38. The molecule has 2 aliphatic heterocycles. The number of piperidine rings is 1. The average Bonchev–Trinajstić information content (AvgIpc) is 3.14. The number of benzene rings is 1.